The number of unbranched alkanes of at least 4 members (excludes halogenated alkanes) is 3. The fraction of sp³-hybridized carbons (Fsp3) is 0.458. The van der Waals surface area contributed by atoms with Gasteiger partial charge in [0.15, 0.2) is 5.75 Å². The average Bonchev–Trinajstić information content (AvgIpc) is 2.86. The maximum absolute atomic E-state index is 12.1. The first kappa shape index (κ1) is 24.2. The number of carbonyl (C=O) groups excluding carboxylic acids is 3. The molecule has 0 spiro atoms. The molecule has 2 rings (SSSR count). The lowest BCUT2D eigenvalue weighted by molar-refractivity contribution is -0.139. The van der Waals surface area contributed by atoms with Crippen molar-refractivity contribution in [2.75, 3.05) is 19.0 Å². The Balaban J connectivity index is 2.58. The molecule has 0 heterocycles. The average molecular weight is 430 g/mol. The molecule has 1 amide bonds. The lowest BCUT2D eigenvalue weighted by atomic mass is 10.0. The maximum atomic E-state index is 12.1. The molecular weight excluding hydrogens is 398 g/mol. The molecule has 0 fully saturated rings. The molecule has 7 heteroatoms. The van der Waals surface area contributed by atoms with Crippen molar-refractivity contribution in [1.82, 2.24) is 0 Å². The number of esters is 1. The number of carbonyl (C=O) groups is 3. The van der Waals surface area contributed by atoms with E-state index in [0.717, 1.165) is 42.4 Å². The van der Waals surface area contributed by atoms with Gasteiger partial charge in [-0.25, -0.2) is 4.79 Å². The molecule has 1 N–H and O–H groups in total. The van der Waals surface area contributed by atoms with Gasteiger partial charge in [0.05, 0.1) is 25.8 Å². The third kappa shape index (κ3) is 6.70. The van der Waals surface area contributed by atoms with Crippen LogP contribution in [-0.2, 0) is 31.9 Å². The van der Waals surface area contributed by atoms with E-state index in [-0.39, 0.29) is 30.7 Å². The van der Waals surface area contributed by atoms with Gasteiger partial charge < -0.3 is 19.5 Å². The maximum Gasteiger partial charge on any atom is 0.513 e. The predicted molar refractivity (Wildman–Crippen MR) is 119 cm³/mol. The van der Waals surface area contributed by atoms with Crippen LogP contribution in [0.3, 0.4) is 0 Å². The van der Waals surface area contributed by atoms with E-state index in [2.05, 4.69) is 12.2 Å². The van der Waals surface area contributed by atoms with Crippen molar-refractivity contribution >= 4 is 23.7 Å². The highest BCUT2D eigenvalue weighted by Gasteiger charge is 2.27. The molecule has 2 aliphatic rings. The SMILES string of the molecule is CCCCCCc1c2ccc(CC(=O)OC)ccc-2c(OC(=O)OCC)c1NC(C)=O. The number of rotatable bonds is 10. The number of nitrogens with one attached hydrogen (secondary N) is 1. The molecule has 31 heavy (non-hydrogen) atoms. The third-order valence-electron chi connectivity index (χ3n) is 4.92. The van der Waals surface area contributed by atoms with E-state index in [9.17, 15) is 14.4 Å². The third-order valence-corrected chi connectivity index (χ3v) is 4.92. The van der Waals surface area contributed by atoms with E-state index in [1.807, 2.05) is 12.1 Å². The second-order valence-electron chi connectivity index (χ2n) is 7.28. The molecule has 0 atom stereocenters. The highest BCUT2D eigenvalue weighted by Crippen LogP contribution is 2.47. The van der Waals surface area contributed by atoms with Crippen LogP contribution < -0.4 is 10.1 Å². The fourth-order valence-corrected chi connectivity index (χ4v) is 3.47. The Morgan fingerprint density at radius 1 is 0.968 bits per heavy atom. The summed E-state index contributed by atoms with van der Waals surface area (Å²) in [6, 6.07) is 7.32. The summed E-state index contributed by atoms with van der Waals surface area (Å²) in [6.45, 7) is 5.43. The van der Waals surface area contributed by atoms with E-state index in [1.165, 1.54) is 14.0 Å². The number of hydrogen-bond acceptors (Lipinski definition) is 6. The van der Waals surface area contributed by atoms with E-state index in [0.29, 0.717) is 17.7 Å². The Morgan fingerprint density at radius 2 is 1.68 bits per heavy atom. The van der Waals surface area contributed by atoms with Crippen molar-refractivity contribution in [2.24, 2.45) is 0 Å². The van der Waals surface area contributed by atoms with Crippen LogP contribution in [0.1, 0.15) is 57.6 Å². The lowest BCUT2D eigenvalue weighted by Gasteiger charge is -2.09. The van der Waals surface area contributed by atoms with E-state index in [1.54, 1.807) is 19.1 Å². The van der Waals surface area contributed by atoms with E-state index < -0.39 is 6.16 Å². The number of ether oxygens (including phenoxy) is 3. The summed E-state index contributed by atoms with van der Waals surface area (Å²) in [4.78, 5) is 35.7. The summed E-state index contributed by atoms with van der Waals surface area (Å²) >= 11 is 0. The van der Waals surface area contributed by atoms with Crippen LogP contribution in [0.2, 0.25) is 0 Å². The number of methoxy groups -OCH3 is 1. The predicted octanol–water partition coefficient (Wildman–Crippen LogP) is 5.12. The molecular formula is C24H31NO6. The molecule has 0 saturated carbocycles. The van der Waals surface area contributed by atoms with Crippen LogP contribution in [-0.4, -0.2) is 31.7 Å². The Hall–Kier alpha value is -3.09. The Labute approximate surface area is 183 Å². The first-order valence-corrected chi connectivity index (χ1v) is 10.7. The highest BCUT2D eigenvalue weighted by molar-refractivity contribution is 5.99. The van der Waals surface area contributed by atoms with Crippen LogP contribution >= 0.6 is 0 Å². The summed E-state index contributed by atoms with van der Waals surface area (Å²) in [5, 5.41) is 2.84. The van der Waals surface area contributed by atoms with Gasteiger partial charge in [-0.05, 0) is 36.5 Å². The van der Waals surface area contributed by atoms with Crippen molar-refractivity contribution in [1.29, 1.82) is 0 Å². The summed E-state index contributed by atoms with van der Waals surface area (Å²) in [5.41, 5.74) is 3.69. The molecule has 0 bridgehead atoms. The molecule has 0 aliphatic heterocycles. The first-order chi connectivity index (χ1) is 14.9. The minimum absolute atomic E-state index is 0.131. The topological polar surface area (TPSA) is 90.9 Å². The Kier molecular flexibility index (Phi) is 9.31. The highest BCUT2D eigenvalue weighted by atomic mass is 16.7. The number of amides is 1. The Bertz CT molecular complexity index is 892. The molecule has 0 aromatic rings. The quantitative estimate of drug-likeness (QED) is 0.416. The zero-order chi connectivity index (χ0) is 22.8. The van der Waals surface area contributed by atoms with Crippen LogP contribution in [0.4, 0.5) is 10.5 Å². The van der Waals surface area contributed by atoms with Crippen LogP contribution in [0.25, 0.3) is 11.1 Å². The Morgan fingerprint density at radius 3 is 2.29 bits per heavy atom. The molecule has 0 saturated heterocycles. The molecule has 0 radical (unpaired) electrons. The first-order valence-electron chi connectivity index (χ1n) is 10.7. The van der Waals surface area contributed by atoms with Crippen molar-refractivity contribution in [3.63, 3.8) is 0 Å². The van der Waals surface area contributed by atoms with Crippen molar-refractivity contribution in [3.05, 3.63) is 35.4 Å². The van der Waals surface area contributed by atoms with Gasteiger partial charge >= 0.3 is 12.1 Å². The molecule has 0 aromatic carbocycles. The largest absolute Gasteiger partial charge is 0.513 e. The van der Waals surface area contributed by atoms with Crippen molar-refractivity contribution < 1.29 is 28.6 Å². The number of anilines is 1. The minimum atomic E-state index is -0.833. The molecule has 7 nitrogen and oxygen atoms in total. The van der Waals surface area contributed by atoms with Gasteiger partial charge in [-0.3, -0.25) is 9.59 Å². The van der Waals surface area contributed by atoms with Gasteiger partial charge in [0.2, 0.25) is 5.91 Å². The monoisotopic (exact) mass is 429 g/mol. The zero-order valence-corrected chi connectivity index (χ0v) is 18.7. The van der Waals surface area contributed by atoms with Gasteiger partial charge in [-0.2, -0.15) is 0 Å². The second kappa shape index (κ2) is 11.9. The van der Waals surface area contributed by atoms with E-state index in [4.69, 9.17) is 14.2 Å². The summed E-state index contributed by atoms with van der Waals surface area (Å²) in [5.74, 6) is -0.337. The summed E-state index contributed by atoms with van der Waals surface area (Å²) < 4.78 is 15.2. The van der Waals surface area contributed by atoms with Crippen LogP contribution in [0.15, 0.2) is 24.3 Å². The normalized spacial score (nSPS) is 10.6. The molecule has 168 valence electrons. The zero-order valence-electron chi connectivity index (χ0n) is 18.7. The number of fused-ring (bicyclic) bond motifs is 1. The molecule has 0 aromatic heterocycles. The van der Waals surface area contributed by atoms with Crippen LogP contribution in [0.5, 0.6) is 5.75 Å². The molecule has 2 aliphatic carbocycles. The van der Waals surface area contributed by atoms with Gasteiger partial charge in [0.25, 0.3) is 0 Å². The number of hydrogen-bond donors (Lipinski definition) is 1. The molecule has 0 unspecified atom stereocenters. The summed E-state index contributed by atoms with van der Waals surface area (Å²) in [6.07, 6.45) is 4.25. The van der Waals surface area contributed by atoms with Gasteiger partial charge in [0, 0.05) is 12.5 Å². The lowest BCUT2D eigenvalue weighted by Crippen LogP contribution is -2.13. The fourth-order valence-electron chi connectivity index (χ4n) is 3.47. The standard InChI is InChI=1S/C24H31NO6/c1-5-7-8-9-10-19-18-13-11-17(15-21(27)29-4)12-14-20(18)23(22(19)25-16(3)26)31-24(28)30-6-2/h11-14H,5-10,15H2,1-4H3,(H,25,26). The minimum Gasteiger partial charge on any atom is -0.469 e. The van der Waals surface area contributed by atoms with Crippen LogP contribution in [0, 0.1) is 0 Å². The second-order valence-corrected chi connectivity index (χ2v) is 7.28. The van der Waals surface area contributed by atoms with Crippen molar-refractivity contribution in [2.45, 2.75) is 59.3 Å². The van der Waals surface area contributed by atoms with Gasteiger partial charge in [-0.15, -0.1) is 0 Å². The smallest absolute Gasteiger partial charge is 0.469 e. The van der Waals surface area contributed by atoms with Gasteiger partial charge in [-0.1, -0.05) is 50.5 Å². The van der Waals surface area contributed by atoms with Gasteiger partial charge in [0.1, 0.15) is 0 Å². The van der Waals surface area contributed by atoms with E-state index >= 15 is 0 Å². The summed E-state index contributed by atoms with van der Waals surface area (Å²) in [7, 11) is 1.35. The van der Waals surface area contributed by atoms with Crippen molar-refractivity contribution in [3.8, 4) is 16.9 Å².